The number of fused-ring (bicyclic) bond motifs is 1. The number of hydrogen-bond donors (Lipinski definition) is 0. The molecule has 0 radical (unpaired) electrons. The summed E-state index contributed by atoms with van der Waals surface area (Å²) in [7, 11) is 0. The highest BCUT2D eigenvalue weighted by Gasteiger charge is 2.19. The molecular formula is C12H10O2S. The molecule has 2 rings (SSSR count). The zero-order valence-corrected chi connectivity index (χ0v) is 9.35. The Morgan fingerprint density at radius 1 is 1.07 bits per heavy atom. The Morgan fingerprint density at radius 2 is 1.67 bits per heavy atom. The van der Waals surface area contributed by atoms with Gasteiger partial charge in [0, 0.05) is 16.7 Å². The van der Waals surface area contributed by atoms with Crippen molar-refractivity contribution in [3.05, 3.63) is 34.0 Å². The third-order valence-corrected chi connectivity index (χ3v) is 3.08. The molecule has 1 aliphatic heterocycles. The third-order valence-electron chi connectivity index (χ3n) is 2.42. The van der Waals surface area contributed by atoms with Crippen molar-refractivity contribution in [1.29, 1.82) is 0 Å². The van der Waals surface area contributed by atoms with Crippen molar-refractivity contribution < 1.29 is 9.59 Å². The molecule has 3 heteroatoms. The van der Waals surface area contributed by atoms with Gasteiger partial charge in [-0.1, -0.05) is 0 Å². The molecule has 2 aliphatic rings. The lowest BCUT2D eigenvalue weighted by molar-refractivity contribution is 0.101. The standard InChI is InChI=1S/C12H10O2S/c1-7(13)10-5-11(8(2)14)12-6-15-4-3-9(10)12/h3-6H,1-2H3. The van der Waals surface area contributed by atoms with Gasteiger partial charge in [-0.25, -0.2) is 0 Å². The molecule has 2 nitrogen and oxygen atoms in total. The maximum absolute atomic E-state index is 11.4. The Labute approximate surface area is 91.9 Å². The fourth-order valence-electron chi connectivity index (χ4n) is 1.69. The van der Waals surface area contributed by atoms with Gasteiger partial charge in [-0.05, 0) is 42.3 Å². The molecule has 0 spiro atoms. The lowest BCUT2D eigenvalue weighted by atomic mass is 10.1. The predicted molar refractivity (Wildman–Crippen MR) is 61.0 cm³/mol. The van der Waals surface area contributed by atoms with Crippen molar-refractivity contribution in [2.75, 3.05) is 0 Å². The Kier molecular flexibility index (Phi) is 2.40. The van der Waals surface area contributed by atoms with Gasteiger partial charge >= 0.3 is 0 Å². The van der Waals surface area contributed by atoms with Crippen LogP contribution in [-0.4, -0.2) is 11.6 Å². The van der Waals surface area contributed by atoms with Gasteiger partial charge in [0.15, 0.2) is 11.6 Å². The summed E-state index contributed by atoms with van der Waals surface area (Å²) in [5.74, 6) is 0.00889. The van der Waals surface area contributed by atoms with Gasteiger partial charge < -0.3 is 0 Å². The summed E-state index contributed by atoms with van der Waals surface area (Å²) in [5, 5.41) is 3.83. The number of carbonyl (C=O) groups is 2. The number of Topliss-reactive ketones (excluding diaryl/α,β-unsaturated/α-hetero) is 2. The second-order valence-electron chi connectivity index (χ2n) is 3.47. The van der Waals surface area contributed by atoms with E-state index in [2.05, 4.69) is 0 Å². The first-order valence-corrected chi connectivity index (χ1v) is 5.56. The van der Waals surface area contributed by atoms with Crippen molar-refractivity contribution in [1.82, 2.24) is 0 Å². The van der Waals surface area contributed by atoms with Crippen LogP contribution in [0.3, 0.4) is 0 Å². The highest BCUT2D eigenvalue weighted by molar-refractivity contribution is 7.08. The molecule has 1 aliphatic carbocycles. The quantitative estimate of drug-likeness (QED) is 0.725. The van der Waals surface area contributed by atoms with E-state index in [-0.39, 0.29) is 11.6 Å². The van der Waals surface area contributed by atoms with Gasteiger partial charge in [0.1, 0.15) is 0 Å². The van der Waals surface area contributed by atoms with Gasteiger partial charge in [0.05, 0.1) is 0 Å². The molecule has 0 aromatic heterocycles. The topological polar surface area (TPSA) is 34.1 Å². The molecule has 0 aromatic rings. The minimum absolute atomic E-state index is 0.00343. The molecule has 0 unspecified atom stereocenters. The first kappa shape index (κ1) is 10.1. The Bertz CT molecular complexity index is 466. The maximum atomic E-state index is 11.4. The smallest absolute Gasteiger partial charge is 0.160 e. The first-order chi connectivity index (χ1) is 7.11. The van der Waals surface area contributed by atoms with Gasteiger partial charge in [0.25, 0.3) is 0 Å². The van der Waals surface area contributed by atoms with E-state index in [0.717, 1.165) is 11.1 Å². The number of rotatable bonds is 2. The van der Waals surface area contributed by atoms with Crippen molar-refractivity contribution in [2.45, 2.75) is 13.8 Å². The van der Waals surface area contributed by atoms with Crippen LogP contribution in [0.25, 0.3) is 11.1 Å². The van der Waals surface area contributed by atoms with E-state index in [1.165, 1.54) is 25.2 Å². The molecule has 1 heterocycles. The van der Waals surface area contributed by atoms with Gasteiger partial charge in [-0.2, -0.15) is 11.3 Å². The van der Waals surface area contributed by atoms with Crippen molar-refractivity contribution in [3.8, 4) is 11.1 Å². The van der Waals surface area contributed by atoms with E-state index in [4.69, 9.17) is 0 Å². The minimum atomic E-state index is 0.00343. The van der Waals surface area contributed by atoms with E-state index in [1.54, 1.807) is 6.07 Å². The van der Waals surface area contributed by atoms with Crippen molar-refractivity contribution in [2.24, 2.45) is 0 Å². The van der Waals surface area contributed by atoms with Crippen LogP contribution in [0.2, 0.25) is 0 Å². The molecule has 0 N–H and O–H groups in total. The van der Waals surface area contributed by atoms with Crippen LogP contribution in [0.4, 0.5) is 0 Å². The lowest BCUT2D eigenvalue weighted by Gasteiger charge is -2.00. The Morgan fingerprint density at radius 3 is 2.27 bits per heavy atom. The summed E-state index contributed by atoms with van der Waals surface area (Å²) in [6.07, 6.45) is 0. The van der Waals surface area contributed by atoms with Crippen molar-refractivity contribution >= 4 is 22.9 Å². The van der Waals surface area contributed by atoms with Gasteiger partial charge in [-0.3, -0.25) is 9.59 Å². The second-order valence-corrected chi connectivity index (χ2v) is 4.25. The molecule has 0 aromatic carbocycles. The number of carbonyl (C=O) groups excluding carboxylic acids is 2. The average molecular weight is 218 g/mol. The van der Waals surface area contributed by atoms with Crippen LogP contribution in [0, 0.1) is 0 Å². The van der Waals surface area contributed by atoms with Crippen LogP contribution in [-0.2, 0) is 0 Å². The van der Waals surface area contributed by atoms with Crippen LogP contribution >= 0.6 is 11.3 Å². The molecule has 0 saturated heterocycles. The van der Waals surface area contributed by atoms with Crippen molar-refractivity contribution in [3.63, 3.8) is 0 Å². The fourth-order valence-corrected chi connectivity index (χ4v) is 2.38. The molecule has 0 saturated carbocycles. The van der Waals surface area contributed by atoms with E-state index in [9.17, 15) is 9.59 Å². The van der Waals surface area contributed by atoms with Crippen LogP contribution in [0.1, 0.15) is 34.6 Å². The zero-order chi connectivity index (χ0) is 11.0. The molecule has 0 atom stereocenters. The predicted octanol–water partition coefficient (Wildman–Crippen LogP) is 3.26. The normalized spacial score (nSPS) is 10.5. The second kappa shape index (κ2) is 3.59. The lowest BCUT2D eigenvalue weighted by Crippen LogP contribution is -1.89. The third kappa shape index (κ3) is 1.59. The average Bonchev–Trinajstić information content (AvgIpc) is 2.56. The molecule has 0 fully saturated rings. The first-order valence-electron chi connectivity index (χ1n) is 4.62. The maximum Gasteiger partial charge on any atom is 0.160 e. The molecule has 0 amide bonds. The molecule has 0 bridgehead atoms. The highest BCUT2D eigenvalue weighted by atomic mass is 32.1. The largest absolute Gasteiger partial charge is 0.294 e. The van der Waals surface area contributed by atoms with E-state index < -0.39 is 0 Å². The SMILES string of the molecule is CC(=O)c1cc(C(C)=O)c2csccc1-2. The highest BCUT2D eigenvalue weighted by Crippen LogP contribution is 2.34. The minimum Gasteiger partial charge on any atom is -0.294 e. The summed E-state index contributed by atoms with van der Waals surface area (Å²) >= 11 is 1.53. The summed E-state index contributed by atoms with van der Waals surface area (Å²) in [4.78, 5) is 22.8. The molecule has 15 heavy (non-hydrogen) atoms. The monoisotopic (exact) mass is 218 g/mol. The molecular weight excluding hydrogens is 208 g/mol. The van der Waals surface area contributed by atoms with Crippen LogP contribution < -0.4 is 0 Å². The Hall–Kier alpha value is -1.48. The zero-order valence-electron chi connectivity index (χ0n) is 8.53. The summed E-state index contributed by atoms with van der Waals surface area (Å²) in [5.41, 5.74) is 3.06. The van der Waals surface area contributed by atoms with Crippen LogP contribution in [0.5, 0.6) is 0 Å². The van der Waals surface area contributed by atoms with Gasteiger partial charge in [0.2, 0.25) is 0 Å². The summed E-state index contributed by atoms with van der Waals surface area (Å²) in [6, 6.07) is 3.59. The molecule has 76 valence electrons. The van der Waals surface area contributed by atoms with Crippen LogP contribution in [0.15, 0.2) is 22.9 Å². The van der Waals surface area contributed by atoms with Gasteiger partial charge in [-0.15, -0.1) is 0 Å². The van der Waals surface area contributed by atoms with E-state index >= 15 is 0 Å². The number of hydrogen-bond acceptors (Lipinski definition) is 3. The van der Waals surface area contributed by atoms with E-state index in [1.807, 2.05) is 16.8 Å². The summed E-state index contributed by atoms with van der Waals surface area (Å²) in [6.45, 7) is 3.05. The number of ketones is 2. The fraction of sp³-hybridized carbons (Fsp3) is 0.167. The Balaban J connectivity index is 2.75. The summed E-state index contributed by atoms with van der Waals surface area (Å²) < 4.78 is 0. The van der Waals surface area contributed by atoms with E-state index in [0.29, 0.717) is 11.1 Å².